The number of carbonyl (C=O) groups excluding carboxylic acids is 1. The smallest absolute Gasteiger partial charge is 0.305 e. The normalized spacial score (nSPS) is 10.6. The van der Waals surface area contributed by atoms with Crippen LogP contribution in [0.4, 0.5) is 29.3 Å². The van der Waals surface area contributed by atoms with Gasteiger partial charge in [0, 0.05) is 6.07 Å². The Morgan fingerprint density at radius 2 is 1.45 bits per heavy atom. The second-order valence-electron chi connectivity index (χ2n) is 5.10. The third-order valence-corrected chi connectivity index (χ3v) is 3.09. The van der Waals surface area contributed by atoms with E-state index >= 15 is 0 Å². The SMILES string of the molecule is CC(C)c1ccc(NC(=O)Nc2ccc(F)cc2F)c(F)c1. The van der Waals surface area contributed by atoms with Crippen LogP contribution in [0.15, 0.2) is 36.4 Å². The summed E-state index contributed by atoms with van der Waals surface area (Å²) in [5.41, 5.74) is 0.579. The van der Waals surface area contributed by atoms with Crippen LogP contribution < -0.4 is 10.6 Å². The lowest BCUT2D eigenvalue weighted by Gasteiger charge is -2.11. The van der Waals surface area contributed by atoms with E-state index in [0.29, 0.717) is 6.07 Å². The fourth-order valence-corrected chi connectivity index (χ4v) is 1.86. The molecule has 0 unspecified atom stereocenters. The Balaban J connectivity index is 2.09. The summed E-state index contributed by atoms with van der Waals surface area (Å²) in [5, 5.41) is 4.47. The summed E-state index contributed by atoms with van der Waals surface area (Å²) in [4.78, 5) is 11.7. The average Bonchev–Trinajstić information content (AvgIpc) is 2.44. The number of carbonyl (C=O) groups is 1. The molecule has 0 aromatic heterocycles. The molecule has 2 amide bonds. The fraction of sp³-hybridized carbons (Fsp3) is 0.188. The zero-order chi connectivity index (χ0) is 16.3. The van der Waals surface area contributed by atoms with Crippen molar-refractivity contribution in [3.63, 3.8) is 0 Å². The van der Waals surface area contributed by atoms with E-state index in [1.54, 1.807) is 6.07 Å². The average molecular weight is 308 g/mol. The number of nitrogens with one attached hydrogen (secondary N) is 2. The fourth-order valence-electron chi connectivity index (χ4n) is 1.86. The van der Waals surface area contributed by atoms with Gasteiger partial charge in [0.1, 0.15) is 17.5 Å². The largest absolute Gasteiger partial charge is 0.323 e. The van der Waals surface area contributed by atoms with E-state index in [4.69, 9.17) is 0 Å². The van der Waals surface area contributed by atoms with Gasteiger partial charge in [-0.2, -0.15) is 0 Å². The Labute approximate surface area is 126 Å². The van der Waals surface area contributed by atoms with Gasteiger partial charge in [0.15, 0.2) is 0 Å². The zero-order valence-electron chi connectivity index (χ0n) is 12.1. The third-order valence-electron chi connectivity index (χ3n) is 3.09. The maximum atomic E-state index is 13.9. The first-order valence-corrected chi connectivity index (χ1v) is 6.69. The van der Waals surface area contributed by atoms with Crippen molar-refractivity contribution in [2.45, 2.75) is 19.8 Å². The van der Waals surface area contributed by atoms with Crippen LogP contribution in [0.1, 0.15) is 25.3 Å². The van der Waals surface area contributed by atoms with Crippen LogP contribution in [0, 0.1) is 17.5 Å². The van der Waals surface area contributed by atoms with E-state index in [-0.39, 0.29) is 17.3 Å². The summed E-state index contributed by atoms with van der Waals surface area (Å²) < 4.78 is 40.1. The number of urea groups is 1. The summed E-state index contributed by atoms with van der Waals surface area (Å²) in [5.74, 6) is -2.09. The van der Waals surface area contributed by atoms with Crippen molar-refractivity contribution < 1.29 is 18.0 Å². The quantitative estimate of drug-likeness (QED) is 0.834. The minimum atomic E-state index is -0.911. The summed E-state index contributed by atoms with van der Waals surface area (Å²) in [6, 6.07) is 6.39. The van der Waals surface area contributed by atoms with Crippen LogP contribution in [0.3, 0.4) is 0 Å². The zero-order valence-corrected chi connectivity index (χ0v) is 12.1. The first-order valence-electron chi connectivity index (χ1n) is 6.69. The molecule has 6 heteroatoms. The second-order valence-corrected chi connectivity index (χ2v) is 5.10. The van der Waals surface area contributed by atoms with E-state index in [2.05, 4.69) is 10.6 Å². The summed E-state index contributed by atoms with van der Waals surface area (Å²) >= 11 is 0. The number of hydrogen-bond donors (Lipinski definition) is 2. The molecule has 2 aromatic carbocycles. The summed E-state index contributed by atoms with van der Waals surface area (Å²) in [6.45, 7) is 3.85. The molecule has 0 fully saturated rings. The molecule has 0 radical (unpaired) electrons. The highest BCUT2D eigenvalue weighted by Gasteiger charge is 2.11. The Bertz CT molecular complexity index is 702. The molecular formula is C16H15F3N2O. The van der Waals surface area contributed by atoms with Crippen LogP contribution in [0.25, 0.3) is 0 Å². The van der Waals surface area contributed by atoms with E-state index < -0.39 is 23.5 Å². The Morgan fingerprint density at radius 3 is 1.95 bits per heavy atom. The predicted molar refractivity (Wildman–Crippen MR) is 79.5 cm³/mol. The minimum Gasteiger partial charge on any atom is -0.305 e. The number of hydrogen-bond acceptors (Lipinski definition) is 1. The molecule has 3 nitrogen and oxygen atoms in total. The minimum absolute atomic E-state index is 0.0237. The van der Waals surface area contributed by atoms with Crippen LogP contribution in [0.5, 0.6) is 0 Å². The molecule has 0 saturated heterocycles. The van der Waals surface area contributed by atoms with Crippen LogP contribution in [-0.2, 0) is 0 Å². The van der Waals surface area contributed by atoms with Crippen molar-refractivity contribution in [1.29, 1.82) is 0 Å². The molecule has 2 N–H and O–H groups in total. The molecule has 0 atom stereocenters. The number of halogens is 3. The highest BCUT2D eigenvalue weighted by Crippen LogP contribution is 2.21. The molecule has 116 valence electrons. The monoisotopic (exact) mass is 308 g/mol. The van der Waals surface area contributed by atoms with Crippen LogP contribution in [0.2, 0.25) is 0 Å². The van der Waals surface area contributed by atoms with Gasteiger partial charge in [-0.15, -0.1) is 0 Å². The number of amides is 2. The molecule has 0 saturated carbocycles. The van der Waals surface area contributed by atoms with Crippen molar-refractivity contribution >= 4 is 17.4 Å². The Kier molecular flexibility index (Phi) is 4.70. The number of anilines is 2. The highest BCUT2D eigenvalue weighted by atomic mass is 19.1. The van der Waals surface area contributed by atoms with E-state index in [1.165, 1.54) is 12.1 Å². The number of benzene rings is 2. The predicted octanol–water partition coefficient (Wildman–Crippen LogP) is 4.87. The van der Waals surface area contributed by atoms with Gasteiger partial charge in [0.05, 0.1) is 11.4 Å². The molecule has 0 aliphatic carbocycles. The highest BCUT2D eigenvalue weighted by molar-refractivity contribution is 5.99. The summed E-state index contributed by atoms with van der Waals surface area (Å²) in [6.07, 6.45) is 0. The van der Waals surface area contributed by atoms with Crippen molar-refractivity contribution in [3.8, 4) is 0 Å². The number of rotatable bonds is 3. The third kappa shape index (κ3) is 3.78. The van der Waals surface area contributed by atoms with Crippen molar-refractivity contribution in [2.75, 3.05) is 10.6 Å². The molecular weight excluding hydrogens is 293 g/mol. The lowest BCUT2D eigenvalue weighted by Crippen LogP contribution is -2.21. The van der Waals surface area contributed by atoms with Gasteiger partial charge >= 0.3 is 6.03 Å². The van der Waals surface area contributed by atoms with Gasteiger partial charge in [0.25, 0.3) is 0 Å². The van der Waals surface area contributed by atoms with E-state index in [9.17, 15) is 18.0 Å². The van der Waals surface area contributed by atoms with Crippen molar-refractivity contribution in [1.82, 2.24) is 0 Å². The van der Waals surface area contributed by atoms with Gasteiger partial charge in [-0.1, -0.05) is 19.9 Å². The van der Waals surface area contributed by atoms with E-state index in [1.807, 2.05) is 13.8 Å². The lowest BCUT2D eigenvalue weighted by molar-refractivity contribution is 0.262. The molecule has 22 heavy (non-hydrogen) atoms. The van der Waals surface area contributed by atoms with Gasteiger partial charge in [-0.3, -0.25) is 0 Å². The molecule has 0 aliphatic rings. The maximum Gasteiger partial charge on any atom is 0.323 e. The molecule has 0 aliphatic heterocycles. The standard InChI is InChI=1S/C16H15F3N2O/c1-9(2)10-3-5-14(12(18)7-10)20-16(22)21-15-6-4-11(17)8-13(15)19/h3-9H,1-2H3,(H2,20,21,22). The van der Waals surface area contributed by atoms with Gasteiger partial charge in [0.2, 0.25) is 0 Å². The van der Waals surface area contributed by atoms with Crippen molar-refractivity contribution in [3.05, 3.63) is 59.4 Å². The molecule has 2 aromatic rings. The maximum absolute atomic E-state index is 13.9. The van der Waals surface area contributed by atoms with Crippen LogP contribution in [-0.4, -0.2) is 6.03 Å². The first-order chi connectivity index (χ1) is 10.4. The second kappa shape index (κ2) is 6.51. The topological polar surface area (TPSA) is 41.1 Å². The Hall–Kier alpha value is -2.50. The molecule has 2 rings (SSSR count). The van der Waals surface area contributed by atoms with Gasteiger partial charge in [-0.25, -0.2) is 18.0 Å². The first kappa shape index (κ1) is 15.9. The van der Waals surface area contributed by atoms with Gasteiger partial charge < -0.3 is 10.6 Å². The van der Waals surface area contributed by atoms with Gasteiger partial charge in [-0.05, 0) is 35.7 Å². The molecule has 0 bridgehead atoms. The lowest BCUT2D eigenvalue weighted by atomic mass is 10.0. The van der Waals surface area contributed by atoms with Crippen molar-refractivity contribution in [2.24, 2.45) is 0 Å². The van der Waals surface area contributed by atoms with E-state index in [0.717, 1.165) is 17.7 Å². The molecule has 0 spiro atoms. The van der Waals surface area contributed by atoms with Crippen LogP contribution >= 0.6 is 0 Å². The Morgan fingerprint density at radius 1 is 0.909 bits per heavy atom. The molecule has 0 heterocycles. The summed E-state index contributed by atoms with van der Waals surface area (Å²) in [7, 11) is 0.